The zero-order chi connectivity index (χ0) is 32.6. The molecular weight excluding hydrogens is 655 g/mol. The molecule has 0 radical (unpaired) electrons. The fourth-order valence-corrected chi connectivity index (χ4v) is 7.15. The molecule has 0 heterocycles. The van der Waals surface area contributed by atoms with Gasteiger partial charge in [0.2, 0.25) is 0 Å². The largest absolute Gasteiger partial charge is 1.00 e. The summed E-state index contributed by atoms with van der Waals surface area (Å²) in [5.74, 6) is -0.0679. The molecule has 47 heavy (non-hydrogen) atoms. The van der Waals surface area contributed by atoms with E-state index in [1.807, 2.05) is 0 Å². The fourth-order valence-electron chi connectivity index (χ4n) is 5.42. The molecule has 0 atom stereocenters. The van der Waals surface area contributed by atoms with E-state index in [1.165, 1.54) is 127 Å². The Morgan fingerprint density at radius 3 is 0.957 bits per heavy atom. The molecule has 0 saturated carbocycles. The summed E-state index contributed by atoms with van der Waals surface area (Å²) in [6.07, 6.45) is 27.1. The molecule has 2 aromatic rings. The number of rotatable bonds is 28. The molecule has 0 aromatic heterocycles. The van der Waals surface area contributed by atoms with Crippen molar-refractivity contribution in [3.8, 4) is 11.5 Å². The molecule has 0 fully saturated rings. The summed E-state index contributed by atoms with van der Waals surface area (Å²) in [6, 6.07) is 13.1. The second-order valence-corrected chi connectivity index (χ2v) is 14.7. The normalized spacial score (nSPS) is 11.4. The van der Waals surface area contributed by atoms with Gasteiger partial charge in [-0.15, -0.1) is 0 Å². The van der Waals surface area contributed by atoms with Crippen molar-refractivity contribution in [1.29, 1.82) is 0 Å². The van der Waals surface area contributed by atoms with Crippen molar-refractivity contribution in [2.24, 2.45) is 0 Å². The van der Waals surface area contributed by atoms with Crippen molar-refractivity contribution in [3.05, 3.63) is 59.7 Å². The van der Waals surface area contributed by atoms with E-state index >= 15 is 0 Å². The molecule has 0 N–H and O–H groups in total. The Balaban J connectivity index is -0.00000529. The predicted molar refractivity (Wildman–Crippen MR) is 186 cm³/mol. The molecule has 7 nitrogen and oxygen atoms in total. The smallest absolute Gasteiger partial charge is 1.00 e. The average Bonchev–Trinajstić information content (AvgIpc) is 2.99. The van der Waals surface area contributed by atoms with Gasteiger partial charge in [-0.2, -0.15) is 16.8 Å². The van der Waals surface area contributed by atoms with Crippen LogP contribution in [0.5, 0.6) is 11.5 Å². The van der Waals surface area contributed by atoms with E-state index in [2.05, 4.69) is 17.5 Å². The summed E-state index contributed by atoms with van der Waals surface area (Å²) in [5, 5.41) is 0. The maximum atomic E-state index is 12.3. The number of benzene rings is 2. The molecule has 2 aromatic carbocycles. The van der Waals surface area contributed by atoms with Crippen LogP contribution in [0.3, 0.4) is 0 Å². The van der Waals surface area contributed by atoms with Gasteiger partial charge in [-0.3, -0.25) is 0 Å². The third-order valence-corrected chi connectivity index (χ3v) is 10.2. The van der Waals surface area contributed by atoms with Gasteiger partial charge in [-0.05, 0) is 61.1 Å². The quantitative estimate of drug-likeness (QED) is 0.0923. The van der Waals surface area contributed by atoms with Crippen LogP contribution in [0.1, 0.15) is 156 Å². The minimum atomic E-state index is -4.91. The Labute approximate surface area is 334 Å². The molecular formula is C36H60Na2O7S2. The van der Waals surface area contributed by atoms with Gasteiger partial charge in [0.15, 0.2) is 0 Å². The first-order valence-corrected chi connectivity index (χ1v) is 20.2. The van der Waals surface area contributed by atoms with Crippen molar-refractivity contribution in [3.63, 3.8) is 0 Å². The topological polar surface area (TPSA) is 96.0 Å². The molecule has 0 unspecified atom stereocenters. The molecule has 0 aliphatic heterocycles. The standard InChI is InChI=1S/C36H58O7S2.2Na.2H/c1-3-5-7-9-11-13-15-17-19-21-23-33-25-29-35(30-26-33)41-44(37,38)43-45(39,40)42-36-31-27-34(28-32-36)24-22-20-18-16-14-12-10-8-6-4-2;;;;/h25-32H,3-24H2,1-2H3;;;;/q;2*+1;2*-1. The Kier molecular flexibility index (Phi) is 28.5. The zero-order valence-electron chi connectivity index (χ0n) is 31.8. The van der Waals surface area contributed by atoms with Crippen LogP contribution in [0.4, 0.5) is 0 Å². The fraction of sp³-hybridized carbons (Fsp3) is 0.667. The van der Waals surface area contributed by atoms with Crippen LogP contribution in [-0.2, 0) is 37.3 Å². The third-order valence-electron chi connectivity index (χ3n) is 8.05. The van der Waals surface area contributed by atoms with E-state index in [9.17, 15) is 16.8 Å². The minimum absolute atomic E-state index is 0. The number of hydrogen-bond acceptors (Lipinski definition) is 7. The van der Waals surface area contributed by atoms with E-state index in [0.29, 0.717) is 0 Å². The summed E-state index contributed by atoms with van der Waals surface area (Å²) in [7, 11) is -9.82. The summed E-state index contributed by atoms with van der Waals surface area (Å²) in [4.78, 5) is 0. The van der Waals surface area contributed by atoms with Crippen molar-refractivity contribution in [1.82, 2.24) is 0 Å². The van der Waals surface area contributed by atoms with Crippen molar-refractivity contribution in [2.45, 2.75) is 155 Å². The molecule has 11 heteroatoms. The van der Waals surface area contributed by atoms with Gasteiger partial charge in [-0.25, -0.2) is 0 Å². The Hall–Kier alpha value is -0.1000. The molecule has 0 aliphatic rings. The molecule has 0 spiro atoms. The second kappa shape index (κ2) is 28.6. The van der Waals surface area contributed by atoms with Crippen LogP contribution < -0.4 is 67.5 Å². The summed E-state index contributed by atoms with van der Waals surface area (Å²) in [5.41, 5.74) is 2.13. The number of aryl methyl sites for hydroxylation is 2. The molecule has 0 amide bonds. The average molecular weight is 715 g/mol. The maximum Gasteiger partial charge on any atom is 1.00 e. The van der Waals surface area contributed by atoms with Crippen LogP contribution in [-0.4, -0.2) is 16.8 Å². The van der Waals surface area contributed by atoms with Crippen molar-refractivity contribution >= 4 is 20.8 Å². The monoisotopic (exact) mass is 714 g/mol. The van der Waals surface area contributed by atoms with Crippen LogP contribution in [0.25, 0.3) is 0 Å². The van der Waals surface area contributed by atoms with Gasteiger partial charge in [-0.1, -0.05) is 157 Å². The zero-order valence-corrected chi connectivity index (χ0v) is 35.5. The van der Waals surface area contributed by atoms with Crippen molar-refractivity contribution in [2.75, 3.05) is 0 Å². The van der Waals surface area contributed by atoms with E-state index in [4.69, 9.17) is 8.37 Å². The van der Waals surface area contributed by atoms with Crippen LogP contribution in [0.15, 0.2) is 48.5 Å². The van der Waals surface area contributed by atoms with Crippen LogP contribution in [0, 0.1) is 0 Å². The first-order valence-electron chi connectivity index (χ1n) is 17.5. The van der Waals surface area contributed by atoms with E-state index in [0.717, 1.165) is 49.7 Å². The SMILES string of the molecule is CCCCCCCCCCCCc1ccc(OS(=O)(=O)OS(=O)(=O)Oc2ccc(CCCCCCCCCCCC)cc2)cc1.[H-].[H-].[Na+].[Na+]. The number of hydrogen-bond donors (Lipinski definition) is 0. The van der Waals surface area contributed by atoms with Gasteiger partial charge in [0.1, 0.15) is 11.5 Å². The Morgan fingerprint density at radius 2 is 0.681 bits per heavy atom. The molecule has 0 saturated heterocycles. The van der Waals surface area contributed by atoms with Crippen LogP contribution in [0.2, 0.25) is 0 Å². The Bertz CT molecular complexity index is 1150. The van der Waals surface area contributed by atoms with E-state index in [-0.39, 0.29) is 73.5 Å². The van der Waals surface area contributed by atoms with Gasteiger partial charge in [0, 0.05) is 0 Å². The first-order chi connectivity index (χ1) is 21.7. The van der Waals surface area contributed by atoms with E-state index in [1.54, 1.807) is 24.3 Å². The molecule has 0 bridgehead atoms. The second-order valence-electron chi connectivity index (χ2n) is 12.2. The van der Waals surface area contributed by atoms with Gasteiger partial charge < -0.3 is 11.2 Å². The van der Waals surface area contributed by atoms with Gasteiger partial charge in [0.25, 0.3) is 0 Å². The molecule has 0 aliphatic carbocycles. The summed E-state index contributed by atoms with van der Waals surface area (Å²) >= 11 is 0. The predicted octanol–water partition coefficient (Wildman–Crippen LogP) is 4.81. The summed E-state index contributed by atoms with van der Waals surface area (Å²) in [6.45, 7) is 4.47. The summed E-state index contributed by atoms with van der Waals surface area (Å²) < 4.78 is 63.1. The van der Waals surface area contributed by atoms with E-state index < -0.39 is 20.8 Å². The molecule has 2 rings (SSSR count). The van der Waals surface area contributed by atoms with Crippen LogP contribution >= 0.6 is 0 Å². The first kappa shape index (κ1) is 46.9. The minimum Gasteiger partial charge on any atom is -1.00 e. The Morgan fingerprint density at radius 1 is 0.426 bits per heavy atom. The van der Waals surface area contributed by atoms with Gasteiger partial charge >= 0.3 is 79.9 Å². The maximum absolute atomic E-state index is 12.3. The van der Waals surface area contributed by atoms with Gasteiger partial charge in [0.05, 0.1) is 0 Å². The number of unbranched alkanes of at least 4 members (excludes halogenated alkanes) is 18. The van der Waals surface area contributed by atoms with Crippen molar-refractivity contribution < 1.29 is 90.8 Å². The molecule has 260 valence electrons. The third kappa shape index (κ3) is 24.7.